The highest BCUT2D eigenvalue weighted by Gasteiger charge is 2.34. The summed E-state index contributed by atoms with van der Waals surface area (Å²) in [6.07, 6.45) is 5.50. The summed E-state index contributed by atoms with van der Waals surface area (Å²) < 4.78 is 1.89. The van der Waals surface area contributed by atoms with Crippen molar-refractivity contribution in [3.8, 4) is 5.82 Å². The molecule has 1 aliphatic heterocycles. The monoisotopic (exact) mass is 424 g/mol. The van der Waals surface area contributed by atoms with Crippen LogP contribution in [0.15, 0.2) is 61.2 Å². The highest BCUT2D eigenvalue weighted by Crippen LogP contribution is 2.26. The molecule has 0 spiro atoms. The first-order chi connectivity index (χ1) is 14.6. The van der Waals surface area contributed by atoms with Crippen molar-refractivity contribution >= 4 is 34.9 Å². The molecule has 1 atom stereocenters. The largest absolute Gasteiger partial charge is 0.368 e. The quantitative estimate of drug-likeness (QED) is 0.568. The zero-order chi connectivity index (χ0) is 20.9. The van der Waals surface area contributed by atoms with Gasteiger partial charge in [-0.05, 0) is 36.4 Å². The third-order valence-corrected chi connectivity index (χ3v) is 5.14. The number of amides is 2. The summed E-state index contributed by atoms with van der Waals surface area (Å²) >= 11 is 5.90. The van der Waals surface area contributed by atoms with Crippen LogP contribution in [0.25, 0.3) is 5.82 Å². The van der Waals surface area contributed by atoms with E-state index >= 15 is 0 Å². The number of anilines is 2. The van der Waals surface area contributed by atoms with Gasteiger partial charge in [-0.25, -0.2) is 9.97 Å². The molecule has 1 aromatic carbocycles. The van der Waals surface area contributed by atoms with Crippen LogP contribution in [0.5, 0.6) is 0 Å². The van der Waals surface area contributed by atoms with Crippen LogP contribution in [0.4, 0.5) is 11.5 Å². The van der Waals surface area contributed by atoms with Gasteiger partial charge in [0.1, 0.15) is 18.0 Å². The zero-order valence-electron chi connectivity index (χ0n) is 16.2. The van der Waals surface area contributed by atoms with E-state index in [0.717, 1.165) is 11.5 Å². The molecule has 8 nitrogen and oxygen atoms in total. The van der Waals surface area contributed by atoms with Crippen molar-refractivity contribution in [2.24, 2.45) is 5.92 Å². The van der Waals surface area contributed by atoms with E-state index in [1.165, 1.54) is 6.33 Å². The second-order valence-electron chi connectivity index (χ2n) is 6.95. The lowest BCUT2D eigenvalue weighted by atomic mass is 10.1. The Bertz CT molecular complexity index is 1020. The molecule has 1 fully saturated rings. The average Bonchev–Trinajstić information content (AvgIpc) is 3.42. The second kappa shape index (κ2) is 8.96. The van der Waals surface area contributed by atoms with Crippen molar-refractivity contribution < 1.29 is 9.59 Å². The molecule has 30 heavy (non-hydrogen) atoms. The third-order valence-electron chi connectivity index (χ3n) is 4.89. The van der Waals surface area contributed by atoms with Gasteiger partial charge >= 0.3 is 0 Å². The van der Waals surface area contributed by atoms with Crippen molar-refractivity contribution in [3.63, 3.8) is 0 Å². The zero-order valence-corrected chi connectivity index (χ0v) is 16.9. The standard InChI is InChI=1S/C21H21ClN6O2/c22-16-3-5-17(6-4-16)28-13-15(11-20(28)29)21(30)24-8-7-23-18-12-19(26-14-25-18)27-9-1-2-10-27/h1-6,9-10,12,14-15H,7-8,11,13H2,(H,24,30)(H,23,25,26). The van der Waals surface area contributed by atoms with Gasteiger partial charge in [0.05, 0.1) is 5.92 Å². The maximum Gasteiger partial charge on any atom is 0.227 e. The van der Waals surface area contributed by atoms with Gasteiger partial charge < -0.3 is 20.1 Å². The van der Waals surface area contributed by atoms with E-state index < -0.39 is 0 Å². The first-order valence-corrected chi connectivity index (χ1v) is 10.0. The number of hydrogen-bond acceptors (Lipinski definition) is 5. The number of halogens is 1. The number of carbonyl (C=O) groups is 2. The van der Waals surface area contributed by atoms with E-state index in [1.54, 1.807) is 29.2 Å². The van der Waals surface area contributed by atoms with Gasteiger partial charge in [-0.1, -0.05) is 11.6 Å². The summed E-state index contributed by atoms with van der Waals surface area (Å²) in [6, 6.07) is 12.7. The van der Waals surface area contributed by atoms with Crippen molar-refractivity contribution in [1.29, 1.82) is 0 Å². The van der Waals surface area contributed by atoms with Gasteiger partial charge in [0.15, 0.2) is 0 Å². The van der Waals surface area contributed by atoms with Gasteiger partial charge in [0.2, 0.25) is 11.8 Å². The molecule has 9 heteroatoms. The number of nitrogens with zero attached hydrogens (tertiary/aromatic N) is 4. The predicted molar refractivity (Wildman–Crippen MR) is 115 cm³/mol. The highest BCUT2D eigenvalue weighted by molar-refractivity contribution is 6.30. The van der Waals surface area contributed by atoms with Gasteiger partial charge in [-0.3, -0.25) is 9.59 Å². The molecule has 154 valence electrons. The van der Waals surface area contributed by atoms with Gasteiger partial charge in [-0.2, -0.15) is 0 Å². The third kappa shape index (κ3) is 4.60. The molecule has 1 unspecified atom stereocenters. The minimum Gasteiger partial charge on any atom is -0.368 e. The summed E-state index contributed by atoms with van der Waals surface area (Å²) in [6.45, 7) is 1.30. The molecule has 2 amide bonds. The van der Waals surface area contributed by atoms with Crippen molar-refractivity contribution in [1.82, 2.24) is 19.9 Å². The Labute approximate surface area is 178 Å². The van der Waals surface area contributed by atoms with Crippen LogP contribution in [0, 0.1) is 5.92 Å². The Kier molecular flexibility index (Phi) is 5.94. The molecular weight excluding hydrogens is 404 g/mol. The molecule has 0 bridgehead atoms. The van der Waals surface area contributed by atoms with Crippen LogP contribution >= 0.6 is 11.6 Å². The molecule has 0 aliphatic carbocycles. The first-order valence-electron chi connectivity index (χ1n) is 9.63. The maximum absolute atomic E-state index is 12.5. The molecule has 3 heterocycles. The van der Waals surface area contributed by atoms with E-state index in [1.807, 2.05) is 35.2 Å². The first kappa shape index (κ1) is 19.9. The minimum atomic E-state index is -0.368. The lowest BCUT2D eigenvalue weighted by Gasteiger charge is -2.17. The molecule has 2 aromatic heterocycles. The fraction of sp³-hybridized carbons (Fsp3) is 0.238. The van der Waals surface area contributed by atoms with Gasteiger partial charge in [0, 0.05) is 55.2 Å². The second-order valence-corrected chi connectivity index (χ2v) is 7.39. The molecular formula is C21H21ClN6O2. The Morgan fingerprint density at radius 3 is 2.67 bits per heavy atom. The van der Waals surface area contributed by atoms with E-state index in [4.69, 9.17) is 11.6 Å². The summed E-state index contributed by atoms with van der Waals surface area (Å²) in [5.74, 6) is 0.875. The van der Waals surface area contributed by atoms with E-state index in [0.29, 0.717) is 30.5 Å². The number of hydrogen-bond donors (Lipinski definition) is 2. The van der Waals surface area contributed by atoms with Crippen LogP contribution < -0.4 is 15.5 Å². The Hall–Kier alpha value is -3.39. The van der Waals surface area contributed by atoms with Crippen molar-refractivity contribution in [3.05, 3.63) is 66.2 Å². The Morgan fingerprint density at radius 1 is 1.13 bits per heavy atom. The predicted octanol–water partition coefficient (Wildman–Crippen LogP) is 2.50. The number of nitrogens with one attached hydrogen (secondary N) is 2. The number of benzene rings is 1. The smallest absolute Gasteiger partial charge is 0.227 e. The molecule has 1 saturated heterocycles. The lowest BCUT2D eigenvalue weighted by molar-refractivity contribution is -0.126. The Morgan fingerprint density at radius 2 is 1.90 bits per heavy atom. The van der Waals surface area contributed by atoms with E-state index in [2.05, 4.69) is 20.6 Å². The fourth-order valence-corrected chi connectivity index (χ4v) is 3.47. The molecule has 4 rings (SSSR count). The van der Waals surface area contributed by atoms with Crippen LogP contribution in [0.2, 0.25) is 5.02 Å². The van der Waals surface area contributed by atoms with Gasteiger partial charge in [-0.15, -0.1) is 0 Å². The topological polar surface area (TPSA) is 92.1 Å². The number of aromatic nitrogens is 3. The lowest BCUT2D eigenvalue weighted by Crippen LogP contribution is -2.35. The average molecular weight is 425 g/mol. The molecule has 1 aliphatic rings. The molecule has 0 saturated carbocycles. The van der Waals surface area contributed by atoms with Crippen LogP contribution in [0.1, 0.15) is 6.42 Å². The molecule has 3 aromatic rings. The molecule has 0 radical (unpaired) electrons. The van der Waals surface area contributed by atoms with Crippen LogP contribution in [-0.2, 0) is 9.59 Å². The molecule has 2 N–H and O–H groups in total. The fourth-order valence-electron chi connectivity index (χ4n) is 3.35. The van der Waals surface area contributed by atoms with Crippen LogP contribution in [-0.4, -0.2) is 46.0 Å². The highest BCUT2D eigenvalue weighted by atomic mass is 35.5. The minimum absolute atomic E-state index is 0.0610. The van der Waals surface area contributed by atoms with E-state index in [-0.39, 0.29) is 24.2 Å². The van der Waals surface area contributed by atoms with Crippen LogP contribution in [0.3, 0.4) is 0 Å². The number of carbonyl (C=O) groups excluding carboxylic acids is 2. The van der Waals surface area contributed by atoms with Crippen molar-refractivity contribution in [2.45, 2.75) is 6.42 Å². The number of rotatable bonds is 7. The summed E-state index contributed by atoms with van der Waals surface area (Å²) in [7, 11) is 0. The normalized spacial score (nSPS) is 16.0. The summed E-state index contributed by atoms with van der Waals surface area (Å²) in [5.41, 5.74) is 0.753. The van der Waals surface area contributed by atoms with Crippen molar-refractivity contribution in [2.75, 3.05) is 29.9 Å². The summed E-state index contributed by atoms with van der Waals surface area (Å²) in [5, 5.41) is 6.67. The SMILES string of the molecule is O=C(NCCNc1cc(-n2cccc2)ncn1)C1CC(=O)N(c2ccc(Cl)cc2)C1. The maximum atomic E-state index is 12.5. The van der Waals surface area contributed by atoms with Gasteiger partial charge in [0.25, 0.3) is 0 Å². The van der Waals surface area contributed by atoms with E-state index in [9.17, 15) is 9.59 Å². The Balaban J connectivity index is 1.25. The summed E-state index contributed by atoms with van der Waals surface area (Å²) in [4.78, 5) is 34.8.